The highest BCUT2D eigenvalue weighted by Crippen LogP contribution is 2.28. The number of aryl methyl sites for hydroxylation is 1. The van der Waals surface area contributed by atoms with Crippen molar-refractivity contribution in [1.82, 2.24) is 0 Å². The van der Waals surface area contributed by atoms with Crippen LogP contribution in [0.25, 0.3) is 0 Å². The first-order chi connectivity index (χ1) is 9.78. The van der Waals surface area contributed by atoms with Gasteiger partial charge in [0.25, 0.3) is 0 Å². The van der Waals surface area contributed by atoms with E-state index in [-0.39, 0.29) is 6.04 Å². The zero-order valence-electron chi connectivity index (χ0n) is 12.0. The number of benzene rings is 2. The summed E-state index contributed by atoms with van der Waals surface area (Å²) in [6, 6.07) is 17.4. The van der Waals surface area contributed by atoms with E-state index in [4.69, 9.17) is 5.73 Å². The van der Waals surface area contributed by atoms with Gasteiger partial charge in [0, 0.05) is 24.8 Å². The second kappa shape index (κ2) is 5.68. The molecular formula is C18H22N2. The Labute approximate surface area is 121 Å². The van der Waals surface area contributed by atoms with Crippen LogP contribution in [0.4, 0.5) is 5.69 Å². The van der Waals surface area contributed by atoms with E-state index >= 15 is 0 Å². The van der Waals surface area contributed by atoms with E-state index in [1.807, 2.05) is 0 Å². The summed E-state index contributed by atoms with van der Waals surface area (Å²) in [6.45, 7) is 4.15. The number of hydrogen-bond donors (Lipinski definition) is 1. The fraction of sp³-hybridized carbons (Fsp3) is 0.333. The van der Waals surface area contributed by atoms with E-state index in [2.05, 4.69) is 60.4 Å². The highest BCUT2D eigenvalue weighted by Gasteiger charge is 2.20. The molecular weight excluding hydrogens is 244 g/mol. The van der Waals surface area contributed by atoms with Crippen molar-refractivity contribution in [1.29, 1.82) is 0 Å². The minimum absolute atomic E-state index is 0.0760. The number of hydrogen-bond acceptors (Lipinski definition) is 2. The molecule has 1 heterocycles. The third-order valence-electron chi connectivity index (χ3n) is 4.22. The normalized spacial score (nSPS) is 15.2. The first kappa shape index (κ1) is 13.2. The Morgan fingerprint density at radius 2 is 1.85 bits per heavy atom. The molecule has 104 valence electrons. The van der Waals surface area contributed by atoms with E-state index < -0.39 is 0 Å². The smallest absolute Gasteiger partial charge is 0.0473 e. The van der Waals surface area contributed by atoms with Gasteiger partial charge in [-0.25, -0.2) is 0 Å². The minimum atomic E-state index is 0.0760. The maximum atomic E-state index is 6.38. The van der Waals surface area contributed by atoms with Crippen molar-refractivity contribution in [2.24, 2.45) is 5.73 Å². The monoisotopic (exact) mass is 266 g/mol. The maximum absolute atomic E-state index is 6.38. The molecule has 2 heteroatoms. The van der Waals surface area contributed by atoms with Gasteiger partial charge in [-0.1, -0.05) is 49.4 Å². The molecule has 2 aromatic rings. The van der Waals surface area contributed by atoms with Crippen molar-refractivity contribution >= 4 is 5.69 Å². The molecule has 0 spiro atoms. The molecule has 1 aliphatic rings. The van der Waals surface area contributed by atoms with Gasteiger partial charge in [-0.05, 0) is 35.6 Å². The summed E-state index contributed by atoms with van der Waals surface area (Å²) in [5, 5.41) is 0. The lowest BCUT2D eigenvalue weighted by molar-refractivity contribution is 0.680. The van der Waals surface area contributed by atoms with Crippen LogP contribution in [0.3, 0.4) is 0 Å². The van der Waals surface area contributed by atoms with Crippen LogP contribution >= 0.6 is 0 Å². The molecule has 0 bridgehead atoms. The minimum Gasteiger partial charge on any atom is -0.369 e. The lowest BCUT2D eigenvalue weighted by atomic mass is 10.0. The van der Waals surface area contributed by atoms with Gasteiger partial charge in [-0.2, -0.15) is 0 Å². The van der Waals surface area contributed by atoms with Gasteiger partial charge in [-0.15, -0.1) is 0 Å². The van der Waals surface area contributed by atoms with Crippen LogP contribution in [-0.4, -0.2) is 13.1 Å². The second-order valence-corrected chi connectivity index (χ2v) is 5.53. The molecule has 3 rings (SSSR count). The van der Waals surface area contributed by atoms with Gasteiger partial charge in [0.1, 0.15) is 0 Å². The van der Waals surface area contributed by atoms with Gasteiger partial charge in [0.05, 0.1) is 0 Å². The number of anilines is 1. The SMILES string of the molecule is CCc1ccc(C(N)CN2CCc3ccccc32)cc1. The molecule has 2 N–H and O–H groups in total. The molecule has 2 aromatic carbocycles. The Balaban J connectivity index is 1.71. The Morgan fingerprint density at radius 1 is 1.10 bits per heavy atom. The summed E-state index contributed by atoms with van der Waals surface area (Å²) >= 11 is 0. The Morgan fingerprint density at radius 3 is 2.60 bits per heavy atom. The van der Waals surface area contributed by atoms with Crippen LogP contribution < -0.4 is 10.6 Å². The third kappa shape index (κ3) is 2.56. The molecule has 1 atom stereocenters. The molecule has 0 saturated heterocycles. The van der Waals surface area contributed by atoms with E-state index in [0.29, 0.717) is 0 Å². The van der Waals surface area contributed by atoms with Crippen LogP contribution in [0.2, 0.25) is 0 Å². The molecule has 0 aliphatic carbocycles. The van der Waals surface area contributed by atoms with Crippen molar-refractivity contribution in [3.63, 3.8) is 0 Å². The van der Waals surface area contributed by atoms with Crippen LogP contribution in [0.15, 0.2) is 48.5 Å². The first-order valence-electron chi connectivity index (χ1n) is 7.45. The largest absolute Gasteiger partial charge is 0.369 e. The molecule has 1 aliphatic heterocycles. The quantitative estimate of drug-likeness (QED) is 0.920. The summed E-state index contributed by atoms with van der Waals surface area (Å²) in [6.07, 6.45) is 2.21. The standard InChI is InChI=1S/C18H22N2/c1-2-14-7-9-15(10-8-14)17(19)13-20-12-11-16-5-3-4-6-18(16)20/h3-10,17H,2,11-13,19H2,1H3. The average Bonchev–Trinajstić information content (AvgIpc) is 2.91. The lowest BCUT2D eigenvalue weighted by Gasteiger charge is -2.24. The Kier molecular flexibility index (Phi) is 3.75. The van der Waals surface area contributed by atoms with Crippen LogP contribution in [0.5, 0.6) is 0 Å². The number of nitrogens with two attached hydrogens (primary N) is 1. The topological polar surface area (TPSA) is 29.3 Å². The molecule has 0 aromatic heterocycles. The number of rotatable bonds is 4. The predicted octanol–water partition coefficient (Wildman–Crippen LogP) is 3.31. The summed E-state index contributed by atoms with van der Waals surface area (Å²) in [5.74, 6) is 0. The maximum Gasteiger partial charge on any atom is 0.0473 e. The molecule has 0 saturated carbocycles. The molecule has 20 heavy (non-hydrogen) atoms. The van der Waals surface area contributed by atoms with Gasteiger partial charge in [0.15, 0.2) is 0 Å². The van der Waals surface area contributed by atoms with E-state index in [0.717, 1.165) is 25.9 Å². The Hall–Kier alpha value is -1.80. The van der Waals surface area contributed by atoms with Crippen molar-refractivity contribution in [3.05, 3.63) is 65.2 Å². The second-order valence-electron chi connectivity index (χ2n) is 5.53. The summed E-state index contributed by atoms with van der Waals surface area (Å²) < 4.78 is 0. The van der Waals surface area contributed by atoms with Gasteiger partial charge >= 0.3 is 0 Å². The van der Waals surface area contributed by atoms with Crippen molar-refractivity contribution in [2.45, 2.75) is 25.8 Å². The van der Waals surface area contributed by atoms with Gasteiger partial charge in [0.2, 0.25) is 0 Å². The zero-order chi connectivity index (χ0) is 13.9. The van der Waals surface area contributed by atoms with Gasteiger partial charge < -0.3 is 10.6 Å². The average molecular weight is 266 g/mol. The van der Waals surface area contributed by atoms with Crippen molar-refractivity contribution in [2.75, 3.05) is 18.0 Å². The van der Waals surface area contributed by atoms with E-state index in [1.165, 1.54) is 22.4 Å². The summed E-state index contributed by atoms with van der Waals surface area (Å²) in [7, 11) is 0. The zero-order valence-corrected chi connectivity index (χ0v) is 12.0. The fourth-order valence-corrected chi connectivity index (χ4v) is 2.94. The molecule has 1 unspecified atom stereocenters. The summed E-state index contributed by atoms with van der Waals surface area (Å²) in [4.78, 5) is 2.41. The number of para-hydroxylation sites is 1. The highest BCUT2D eigenvalue weighted by molar-refractivity contribution is 5.58. The lowest BCUT2D eigenvalue weighted by Crippen LogP contribution is -2.30. The van der Waals surface area contributed by atoms with Crippen LogP contribution in [0.1, 0.15) is 29.7 Å². The summed E-state index contributed by atoms with van der Waals surface area (Å²) in [5.41, 5.74) is 11.8. The van der Waals surface area contributed by atoms with E-state index in [1.54, 1.807) is 0 Å². The van der Waals surface area contributed by atoms with Crippen LogP contribution in [-0.2, 0) is 12.8 Å². The molecule has 0 radical (unpaired) electrons. The van der Waals surface area contributed by atoms with Crippen LogP contribution in [0, 0.1) is 0 Å². The Bertz CT molecular complexity index is 574. The third-order valence-corrected chi connectivity index (χ3v) is 4.22. The molecule has 2 nitrogen and oxygen atoms in total. The molecule has 0 fully saturated rings. The number of nitrogens with zero attached hydrogens (tertiary/aromatic N) is 1. The van der Waals surface area contributed by atoms with Crippen molar-refractivity contribution < 1.29 is 0 Å². The van der Waals surface area contributed by atoms with Gasteiger partial charge in [-0.3, -0.25) is 0 Å². The predicted molar refractivity (Wildman–Crippen MR) is 85.1 cm³/mol. The fourth-order valence-electron chi connectivity index (χ4n) is 2.94. The van der Waals surface area contributed by atoms with E-state index in [9.17, 15) is 0 Å². The number of fused-ring (bicyclic) bond motifs is 1. The van der Waals surface area contributed by atoms with Crippen molar-refractivity contribution in [3.8, 4) is 0 Å². The highest BCUT2D eigenvalue weighted by atomic mass is 15.2. The molecule has 0 amide bonds. The first-order valence-corrected chi connectivity index (χ1v) is 7.45.